The summed E-state index contributed by atoms with van der Waals surface area (Å²) in [5.41, 5.74) is 4.71. The summed E-state index contributed by atoms with van der Waals surface area (Å²) in [6.07, 6.45) is 4.32. The van der Waals surface area contributed by atoms with Crippen LogP contribution in [0.2, 0.25) is 5.02 Å². The Morgan fingerprint density at radius 3 is 2.56 bits per heavy atom. The van der Waals surface area contributed by atoms with Crippen LogP contribution in [0.4, 0.5) is 0 Å². The average molecular weight is 384 g/mol. The van der Waals surface area contributed by atoms with Crippen molar-refractivity contribution in [1.82, 2.24) is 15.2 Å². The van der Waals surface area contributed by atoms with E-state index < -0.39 is 0 Å². The molecule has 0 atom stereocenters. The van der Waals surface area contributed by atoms with Crippen LogP contribution in [0.15, 0.2) is 48.7 Å². The molecule has 0 bridgehead atoms. The molecule has 0 aliphatic carbocycles. The molecule has 4 nitrogen and oxygen atoms in total. The van der Waals surface area contributed by atoms with Crippen molar-refractivity contribution in [3.8, 4) is 0 Å². The Balaban J connectivity index is 1.54. The number of hydrogen-bond acceptors (Lipinski definition) is 2. The van der Waals surface area contributed by atoms with E-state index in [0.29, 0.717) is 18.0 Å². The van der Waals surface area contributed by atoms with E-state index in [1.54, 1.807) is 0 Å². The van der Waals surface area contributed by atoms with Crippen molar-refractivity contribution in [3.05, 3.63) is 70.4 Å². The fourth-order valence-corrected chi connectivity index (χ4v) is 3.25. The minimum Gasteiger partial charge on any atom is -0.361 e. The third-order valence-corrected chi connectivity index (χ3v) is 4.93. The summed E-state index contributed by atoms with van der Waals surface area (Å²) in [5, 5.41) is 4.97. The maximum atomic E-state index is 12.1. The van der Waals surface area contributed by atoms with Crippen LogP contribution in [0.5, 0.6) is 0 Å². The van der Waals surface area contributed by atoms with Gasteiger partial charge in [0, 0.05) is 35.2 Å². The molecule has 3 rings (SSSR count). The van der Waals surface area contributed by atoms with Crippen molar-refractivity contribution in [3.63, 3.8) is 0 Å². The highest BCUT2D eigenvalue weighted by Gasteiger charge is 2.07. The molecule has 0 aliphatic heterocycles. The number of amides is 1. The zero-order valence-electron chi connectivity index (χ0n) is 15.9. The SMILES string of the molecule is CN(C)CCc1c[nH]c2ccc(CCNC(=O)Cc3ccc(Cl)cc3)cc12. The summed E-state index contributed by atoms with van der Waals surface area (Å²) in [7, 11) is 4.18. The van der Waals surface area contributed by atoms with Crippen molar-refractivity contribution in [2.45, 2.75) is 19.3 Å². The number of carbonyl (C=O) groups is 1. The maximum Gasteiger partial charge on any atom is 0.224 e. The Morgan fingerprint density at radius 1 is 1.07 bits per heavy atom. The molecule has 3 aromatic rings. The highest BCUT2D eigenvalue weighted by atomic mass is 35.5. The second-order valence-electron chi connectivity index (χ2n) is 7.15. The van der Waals surface area contributed by atoms with E-state index in [1.165, 1.54) is 22.0 Å². The zero-order valence-corrected chi connectivity index (χ0v) is 16.6. The number of H-pyrrole nitrogens is 1. The van der Waals surface area contributed by atoms with Crippen LogP contribution in [0.1, 0.15) is 16.7 Å². The van der Waals surface area contributed by atoms with Gasteiger partial charge in [-0.2, -0.15) is 0 Å². The summed E-state index contributed by atoms with van der Waals surface area (Å²) >= 11 is 5.87. The van der Waals surface area contributed by atoms with Gasteiger partial charge in [0.25, 0.3) is 0 Å². The highest BCUT2D eigenvalue weighted by Crippen LogP contribution is 2.21. The number of hydrogen-bond donors (Lipinski definition) is 2. The van der Waals surface area contributed by atoms with Gasteiger partial charge in [0.2, 0.25) is 5.91 Å². The lowest BCUT2D eigenvalue weighted by Gasteiger charge is -2.09. The number of benzene rings is 2. The van der Waals surface area contributed by atoms with E-state index >= 15 is 0 Å². The topological polar surface area (TPSA) is 48.1 Å². The van der Waals surface area contributed by atoms with Gasteiger partial charge in [-0.25, -0.2) is 0 Å². The van der Waals surface area contributed by atoms with Crippen molar-refractivity contribution >= 4 is 28.4 Å². The fraction of sp³-hybridized carbons (Fsp3) is 0.318. The molecule has 1 heterocycles. The molecule has 142 valence electrons. The molecule has 0 unspecified atom stereocenters. The van der Waals surface area contributed by atoms with Gasteiger partial charge >= 0.3 is 0 Å². The number of aromatic nitrogens is 1. The number of rotatable bonds is 8. The lowest BCUT2D eigenvalue weighted by Crippen LogP contribution is -2.27. The number of halogens is 1. The van der Waals surface area contributed by atoms with Crippen molar-refractivity contribution in [2.24, 2.45) is 0 Å². The van der Waals surface area contributed by atoms with Crippen LogP contribution in [-0.2, 0) is 24.1 Å². The number of likely N-dealkylation sites (N-methyl/N-ethyl adjacent to an activating group) is 1. The van der Waals surface area contributed by atoms with Crippen LogP contribution in [-0.4, -0.2) is 43.0 Å². The Bertz CT molecular complexity index is 900. The van der Waals surface area contributed by atoms with E-state index in [2.05, 4.69) is 53.7 Å². The van der Waals surface area contributed by atoms with Crippen LogP contribution in [0.25, 0.3) is 10.9 Å². The van der Waals surface area contributed by atoms with Gasteiger partial charge in [-0.15, -0.1) is 0 Å². The third kappa shape index (κ3) is 5.59. The molecular weight excluding hydrogens is 358 g/mol. The first-order valence-electron chi connectivity index (χ1n) is 9.26. The predicted molar refractivity (Wildman–Crippen MR) is 112 cm³/mol. The zero-order chi connectivity index (χ0) is 19.2. The Labute approximate surface area is 165 Å². The summed E-state index contributed by atoms with van der Waals surface area (Å²) in [5.74, 6) is 0.0340. The molecule has 0 fully saturated rings. The molecule has 1 amide bonds. The van der Waals surface area contributed by atoms with Crippen LogP contribution < -0.4 is 5.32 Å². The van der Waals surface area contributed by atoms with E-state index in [1.807, 2.05) is 24.3 Å². The lowest BCUT2D eigenvalue weighted by molar-refractivity contribution is -0.120. The first-order valence-corrected chi connectivity index (χ1v) is 9.64. The van der Waals surface area contributed by atoms with Crippen LogP contribution in [0, 0.1) is 0 Å². The van der Waals surface area contributed by atoms with Crippen molar-refractivity contribution < 1.29 is 4.79 Å². The normalized spacial score (nSPS) is 11.3. The molecule has 1 aromatic heterocycles. The summed E-state index contributed by atoms with van der Waals surface area (Å²) < 4.78 is 0. The van der Waals surface area contributed by atoms with E-state index in [0.717, 1.165) is 24.9 Å². The predicted octanol–water partition coefficient (Wildman–Crippen LogP) is 3.83. The number of nitrogens with one attached hydrogen (secondary N) is 2. The van der Waals surface area contributed by atoms with Crippen molar-refractivity contribution in [1.29, 1.82) is 0 Å². The Morgan fingerprint density at radius 2 is 1.81 bits per heavy atom. The molecule has 2 aromatic carbocycles. The van der Waals surface area contributed by atoms with Crippen LogP contribution >= 0.6 is 11.6 Å². The molecule has 27 heavy (non-hydrogen) atoms. The minimum atomic E-state index is 0.0340. The van der Waals surface area contributed by atoms with Crippen molar-refractivity contribution in [2.75, 3.05) is 27.2 Å². The van der Waals surface area contributed by atoms with Gasteiger partial charge in [-0.3, -0.25) is 4.79 Å². The largest absolute Gasteiger partial charge is 0.361 e. The standard InChI is InChI=1S/C22H26ClN3O/c1-26(2)12-10-18-15-25-21-8-5-17(13-20(18)21)9-11-24-22(27)14-16-3-6-19(23)7-4-16/h3-8,13,15,25H,9-12,14H2,1-2H3,(H,24,27). The van der Waals surface area contributed by atoms with Gasteiger partial charge in [-0.05, 0) is 67.9 Å². The second kappa shape index (κ2) is 9.07. The number of aromatic amines is 1. The maximum absolute atomic E-state index is 12.1. The monoisotopic (exact) mass is 383 g/mol. The summed E-state index contributed by atoms with van der Waals surface area (Å²) in [6.45, 7) is 1.66. The Hall–Kier alpha value is -2.30. The van der Waals surface area contributed by atoms with Gasteiger partial charge in [0.15, 0.2) is 0 Å². The number of nitrogens with zero attached hydrogens (tertiary/aromatic N) is 1. The van der Waals surface area contributed by atoms with E-state index in [9.17, 15) is 4.79 Å². The molecule has 2 N–H and O–H groups in total. The molecule has 0 saturated heterocycles. The first kappa shape index (κ1) is 19.5. The molecule has 0 saturated carbocycles. The van der Waals surface area contributed by atoms with Gasteiger partial charge in [0.1, 0.15) is 0 Å². The average Bonchev–Trinajstić information content (AvgIpc) is 3.04. The van der Waals surface area contributed by atoms with Crippen LogP contribution in [0.3, 0.4) is 0 Å². The lowest BCUT2D eigenvalue weighted by atomic mass is 10.1. The highest BCUT2D eigenvalue weighted by molar-refractivity contribution is 6.30. The van der Waals surface area contributed by atoms with Gasteiger partial charge in [-0.1, -0.05) is 29.8 Å². The van der Waals surface area contributed by atoms with Gasteiger partial charge < -0.3 is 15.2 Å². The quantitative estimate of drug-likeness (QED) is 0.621. The summed E-state index contributed by atoms with van der Waals surface area (Å²) in [4.78, 5) is 17.6. The van der Waals surface area contributed by atoms with E-state index in [4.69, 9.17) is 11.6 Å². The summed E-state index contributed by atoms with van der Waals surface area (Å²) in [6, 6.07) is 13.9. The first-order chi connectivity index (χ1) is 13.0. The Kier molecular flexibility index (Phi) is 6.54. The third-order valence-electron chi connectivity index (χ3n) is 4.67. The molecule has 0 aliphatic rings. The molecule has 0 spiro atoms. The second-order valence-corrected chi connectivity index (χ2v) is 7.59. The molecule has 5 heteroatoms. The molecular formula is C22H26ClN3O. The fourth-order valence-electron chi connectivity index (χ4n) is 3.13. The number of carbonyl (C=O) groups excluding carboxylic acids is 1. The smallest absolute Gasteiger partial charge is 0.224 e. The minimum absolute atomic E-state index is 0.0340. The number of fused-ring (bicyclic) bond motifs is 1. The van der Waals surface area contributed by atoms with Gasteiger partial charge in [0.05, 0.1) is 6.42 Å². The van der Waals surface area contributed by atoms with E-state index in [-0.39, 0.29) is 5.91 Å². The molecule has 0 radical (unpaired) electrons.